The van der Waals surface area contributed by atoms with Crippen LogP contribution in [0.5, 0.6) is 11.5 Å². The summed E-state index contributed by atoms with van der Waals surface area (Å²) in [6.07, 6.45) is 2.63. The molecule has 1 heterocycles. The molecule has 0 atom stereocenters. The fourth-order valence-corrected chi connectivity index (χ4v) is 3.58. The Morgan fingerprint density at radius 3 is 2.82 bits per heavy atom. The lowest BCUT2D eigenvalue weighted by atomic mass is 10.1. The second kappa shape index (κ2) is 10.3. The number of rotatable bonds is 10. The molecular weight excluding hydrogens is 376 g/mol. The third-order valence-corrected chi connectivity index (χ3v) is 5.06. The van der Waals surface area contributed by atoms with Gasteiger partial charge in [-0.05, 0) is 43.1 Å². The molecule has 1 amide bonds. The summed E-state index contributed by atoms with van der Waals surface area (Å²) in [5, 5.41) is 4.14. The van der Waals surface area contributed by atoms with Gasteiger partial charge in [-0.25, -0.2) is 0 Å². The topological polar surface area (TPSA) is 50.8 Å². The molecule has 3 rings (SSSR count). The lowest BCUT2D eigenvalue weighted by molar-refractivity contribution is -0.127. The Hall–Kier alpha value is -2.24. The Morgan fingerprint density at radius 1 is 1.21 bits per heavy atom. The first kappa shape index (κ1) is 20.5. The number of para-hydroxylation sites is 1. The first-order valence-electron chi connectivity index (χ1n) is 9.69. The molecule has 0 aliphatic carbocycles. The average Bonchev–Trinajstić information content (AvgIpc) is 3.11. The molecule has 0 saturated carbocycles. The number of amides is 1. The first-order chi connectivity index (χ1) is 13.7. The van der Waals surface area contributed by atoms with E-state index in [4.69, 9.17) is 21.1 Å². The number of carbonyl (C=O) groups is 1. The summed E-state index contributed by atoms with van der Waals surface area (Å²) >= 11 is 6.06. The van der Waals surface area contributed by atoms with Gasteiger partial charge < -0.3 is 19.7 Å². The summed E-state index contributed by atoms with van der Waals surface area (Å²) in [6.45, 7) is 3.66. The Labute approximate surface area is 171 Å². The molecule has 0 bridgehead atoms. The van der Waals surface area contributed by atoms with Gasteiger partial charge in [0, 0.05) is 36.6 Å². The monoisotopic (exact) mass is 402 g/mol. The Bertz CT molecular complexity index is 797. The van der Waals surface area contributed by atoms with Crippen LogP contribution in [0.25, 0.3) is 0 Å². The highest BCUT2D eigenvalue weighted by molar-refractivity contribution is 6.30. The van der Waals surface area contributed by atoms with Crippen LogP contribution in [0, 0.1) is 0 Å². The number of nitrogens with zero attached hydrogens (tertiary/aromatic N) is 1. The van der Waals surface area contributed by atoms with Crippen LogP contribution in [0.1, 0.15) is 30.4 Å². The molecule has 1 aliphatic rings. The lowest BCUT2D eigenvalue weighted by Gasteiger charge is -2.17. The van der Waals surface area contributed by atoms with E-state index in [9.17, 15) is 4.79 Å². The summed E-state index contributed by atoms with van der Waals surface area (Å²) in [5.74, 6) is 1.74. The molecule has 6 heteroatoms. The van der Waals surface area contributed by atoms with Crippen molar-refractivity contribution in [2.45, 2.75) is 32.4 Å². The molecule has 0 spiro atoms. The minimum absolute atomic E-state index is 0.282. The zero-order valence-electron chi connectivity index (χ0n) is 16.2. The molecule has 2 aromatic rings. The highest BCUT2D eigenvalue weighted by Crippen LogP contribution is 2.32. The van der Waals surface area contributed by atoms with Crippen LogP contribution in [0.3, 0.4) is 0 Å². The van der Waals surface area contributed by atoms with E-state index >= 15 is 0 Å². The number of carbonyl (C=O) groups excluding carboxylic acids is 1. The number of hydrogen-bond acceptors (Lipinski definition) is 4. The van der Waals surface area contributed by atoms with Crippen LogP contribution >= 0.6 is 11.6 Å². The molecule has 1 fully saturated rings. The van der Waals surface area contributed by atoms with Gasteiger partial charge in [0.05, 0.1) is 7.11 Å². The van der Waals surface area contributed by atoms with Crippen LogP contribution in [-0.2, 0) is 17.9 Å². The quantitative estimate of drug-likeness (QED) is 0.609. The average molecular weight is 403 g/mol. The molecule has 0 aromatic heterocycles. The number of nitrogens with one attached hydrogen (secondary N) is 1. The van der Waals surface area contributed by atoms with Gasteiger partial charge in [0.15, 0.2) is 11.5 Å². The molecular formula is C22H27ClN2O3. The van der Waals surface area contributed by atoms with Crippen molar-refractivity contribution in [3.05, 3.63) is 58.6 Å². The van der Waals surface area contributed by atoms with E-state index in [-0.39, 0.29) is 5.91 Å². The van der Waals surface area contributed by atoms with Crippen LogP contribution in [0.15, 0.2) is 42.5 Å². The number of halogens is 1. The maximum absolute atomic E-state index is 11.7. The zero-order valence-corrected chi connectivity index (χ0v) is 17.0. The molecule has 28 heavy (non-hydrogen) atoms. The summed E-state index contributed by atoms with van der Waals surface area (Å²) in [5.41, 5.74) is 2.05. The minimum Gasteiger partial charge on any atom is -0.493 e. The van der Waals surface area contributed by atoms with Gasteiger partial charge in [0.1, 0.15) is 6.61 Å². The number of hydrogen-bond donors (Lipinski definition) is 1. The zero-order chi connectivity index (χ0) is 19.8. The van der Waals surface area contributed by atoms with E-state index in [1.54, 1.807) is 7.11 Å². The van der Waals surface area contributed by atoms with Crippen LogP contribution < -0.4 is 14.8 Å². The fraction of sp³-hybridized carbons (Fsp3) is 0.409. The number of benzene rings is 2. The van der Waals surface area contributed by atoms with E-state index in [0.717, 1.165) is 49.4 Å². The van der Waals surface area contributed by atoms with Gasteiger partial charge in [0.25, 0.3) is 0 Å². The molecule has 0 radical (unpaired) electrons. The predicted molar refractivity (Wildman–Crippen MR) is 111 cm³/mol. The SMILES string of the molecule is COc1cccc(CNCCCN2CCCC2=O)c1OCc1cccc(Cl)c1. The van der Waals surface area contributed by atoms with Gasteiger partial charge in [0.2, 0.25) is 5.91 Å². The van der Waals surface area contributed by atoms with Gasteiger partial charge >= 0.3 is 0 Å². The van der Waals surface area contributed by atoms with Crippen molar-refractivity contribution >= 4 is 17.5 Å². The molecule has 1 N–H and O–H groups in total. The maximum Gasteiger partial charge on any atom is 0.222 e. The fourth-order valence-electron chi connectivity index (χ4n) is 3.37. The number of likely N-dealkylation sites (tertiary alicyclic amines) is 1. The second-order valence-corrected chi connectivity index (χ2v) is 7.32. The molecule has 1 saturated heterocycles. The van der Waals surface area contributed by atoms with Crippen LogP contribution in [0.2, 0.25) is 5.02 Å². The van der Waals surface area contributed by atoms with Crippen molar-refractivity contribution in [3.8, 4) is 11.5 Å². The van der Waals surface area contributed by atoms with Crippen molar-refractivity contribution in [1.29, 1.82) is 0 Å². The van der Waals surface area contributed by atoms with E-state index in [1.807, 2.05) is 47.4 Å². The highest BCUT2D eigenvalue weighted by atomic mass is 35.5. The smallest absolute Gasteiger partial charge is 0.222 e. The molecule has 0 unspecified atom stereocenters. The van der Waals surface area contributed by atoms with Gasteiger partial charge in [-0.15, -0.1) is 0 Å². The van der Waals surface area contributed by atoms with E-state index < -0.39 is 0 Å². The number of ether oxygens (including phenoxy) is 2. The largest absolute Gasteiger partial charge is 0.493 e. The van der Waals surface area contributed by atoms with Crippen molar-refractivity contribution < 1.29 is 14.3 Å². The van der Waals surface area contributed by atoms with E-state index in [1.165, 1.54) is 0 Å². The van der Waals surface area contributed by atoms with Crippen molar-refractivity contribution in [2.24, 2.45) is 0 Å². The third kappa shape index (κ3) is 5.63. The normalized spacial score (nSPS) is 13.8. The highest BCUT2D eigenvalue weighted by Gasteiger charge is 2.19. The Balaban J connectivity index is 1.54. The molecule has 1 aliphatic heterocycles. The minimum atomic E-state index is 0.282. The summed E-state index contributed by atoms with van der Waals surface area (Å²) in [4.78, 5) is 13.6. The Kier molecular flexibility index (Phi) is 7.57. The summed E-state index contributed by atoms with van der Waals surface area (Å²) in [6, 6.07) is 13.5. The van der Waals surface area contributed by atoms with Gasteiger partial charge in [-0.2, -0.15) is 0 Å². The predicted octanol–water partition coefficient (Wildman–Crippen LogP) is 4.03. The maximum atomic E-state index is 11.7. The van der Waals surface area contributed by atoms with E-state index in [2.05, 4.69) is 5.32 Å². The molecule has 2 aromatic carbocycles. The van der Waals surface area contributed by atoms with Gasteiger partial charge in [-0.3, -0.25) is 4.79 Å². The first-order valence-corrected chi connectivity index (χ1v) is 10.1. The van der Waals surface area contributed by atoms with Crippen molar-refractivity contribution in [1.82, 2.24) is 10.2 Å². The number of methoxy groups -OCH3 is 1. The van der Waals surface area contributed by atoms with Crippen molar-refractivity contribution in [3.63, 3.8) is 0 Å². The lowest BCUT2D eigenvalue weighted by Crippen LogP contribution is -2.28. The Morgan fingerprint density at radius 2 is 2.07 bits per heavy atom. The third-order valence-electron chi connectivity index (χ3n) is 4.82. The van der Waals surface area contributed by atoms with Crippen LogP contribution in [-0.4, -0.2) is 37.6 Å². The summed E-state index contributed by atoms with van der Waals surface area (Å²) in [7, 11) is 1.64. The molecule has 150 valence electrons. The van der Waals surface area contributed by atoms with Gasteiger partial charge in [-0.1, -0.05) is 35.9 Å². The van der Waals surface area contributed by atoms with E-state index in [0.29, 0.717) is 30.3 Å². The standard InChI is InChI=1S/C22H27ClN2O3/c1-27-20-9-3-7-18(15-24-11-5-13-25-12-4-10-21(25)26)22(20)28-16-17-6-2-8-19(23)14-17/h2-3,6-9,14,24H,4-5,10-13,15-16H2,1H3. The molecule has 5 nitrogen and oxygen atoms in total. The summed E-state index contributed by atoms with van der Waals surface area (Å²) < 4.78 is 11.6. The second-order valence-electron chi connectivity index (χ2n) is 6.88. The van der Waals surface area contributed by atoms with Crippen molar-refractivity contribution in [2.75, 3.05) is 26.7 Å². The van der Waals surface area contributed by atoms with Crippen LogP contribution in [0.4, 0.5) is 0 Å².